The Morgan fingerprint density at radius 3 is 2.31 bits per heavy atom. The average Bonchev–Trinajstić information content (AvgIpc) is 3.02. The Labute approximate surface area is 208 Å². The summed E-state index contributed by atoms with van der Waals surface area (Å²) in [7, 11) is 1.97. The molecule has 0 saturated heterocycles. The Hall–Kier alpha value is -2.39. The molecule has 0 unspecified atom stereocenters. The molecule has 172 valence electrons. The summed E-state index contributed by atoms with van der Waals surface area (Å²) in [4.78, 5) is 4.80. The number of benzene rings is 2. The number of ether oxygens (including phenoxy) is 1. The molecule has 0 spiro atoms. The smallest absolute Gasteiger partial charge is 0.191 e. The first-order valence-corrected chi connectivity index (χ1v) is 10.8. The van der Waals surface area contributed by atoms with Crippen LogP contribution in [0.2, 0.25) is 0 Å². The summed E-state index contributed by atoms with van der Waals surface area (Å²) >= 11 is 0. The third kappa shape index (κ3) is 7.34. The van der Waals surface area contributed by atoms with Gasteiger partial charge in [0.25, 0.3) is 0 Å². The lowest BCUT2D eigenvalue weighted by Gasteiger charge is -2.13. The van der Waals surface area contributed by atoms with Crippen LogP contribution in [0.4, 0.5) is 0 Å². The molecule has 3 aromatic rings. The first-order valence-electron chi connectivity index (χ1n) is 10.8. The molecule has 0 amide bonds. The van der Waals surface area contributed by atoms with Crippen LogP contribution < -0.4 is 10.6 Å². The molecule has 0 aliphatic heterocycles. The molecule has 2 aromatic carbocycles. The van der Waals surface area contributed by atoms with E-state index in [1.807, 2.05) is 49.0 Å². The standard InChI is InChI=1S/C25H33N5O.HI/c1-5-26-25(28-16-24-19(2)29-30(4)20(24)3)27-15-22-13-9-10-14-23(22)18-31-17-21-11-7-6-8-12-21;/h6-14H,5,15-18H2,1-4H3,(H2,26,27,28);1H. The first-order chi connectivity index (χ1) is 15.1. The number of halogens is 1. The van der Waals surface area contributed by atoms with Gasteiger partial charge in [0.2, 0.25) is 0 Å². The number of rotatable bonds is 9. The summed E-state index contributed by atoms with van der Waals surface area (Å²) in [5.74, 6) is 0.796. The number of guanidine groups is 1. The van der Waals surface area contributed by atoms with Gasteiger partial charge in [-0.25, -0.2) is 4.99 Å². The molecule has 3 rings (SSSR count). The molecule has 0 radical (unpaired) electrons. The number of nitrogens with zero attached hydrogens (tertiary/aromatic N) is 3. The topological polar surface area (TPSA) is 63.5 Å². The van der Waals surface area contributed by atoms with Gasteiger partial charge in [-0.15, -0.1) is 24.0 Å². The highest BCUT2D eigenvalue weighted by atomic mass is 127. The van der Waals surface area contributed by atoms with Crippen LogP contribution in [-0.2, 0) is 38.1 Å². The lowest BCUT2D eigenvalue weighted by atomic mass is 10.1. The van der Waals surface area contributed by atoms with Crippen molar-refractivity contribution in [1.82, 2.24) is 20.4 Å². The summed E-state index contributed by atoms with van der Waals surface area (Å²) in [6.45, 7) is 9.46. The molecule has 0 fully saturated rings. The van der Waals surface area contributed by atoms with Gasteiger partial charge in [-0.3, -0.25) is 4.68 Å². The van der Waals surface area contributed by atoms with Gasteiger partial charge in [-0.2, -0.15) is 5.10 Å². The van der Waals surface area contributed by atoms with E-state index in [0.717, 1.165) is 23.8 Å². The largest absolute Gasteiger partial charge is 0.372 e. The van der Waals surface area contributed by atoms with Crippen molar-refractivity contribution in [1.29, 1.82) is 0 Å². The minimum atomic E-state index is 0. The average molecular weight is 547 g/mol. The predicted molar refractivity (Wildman–Crippen MR) is 141 cm³/mol. The predicted octanol–water partition coefficient (Wildman–Crippen LogP) is 4.63. The van der Waals surface area contributed by atoms with Crippen LogP contribution in [0.25, 0.3) is 0 Å². The van der Waals surface area contributed by atoms with Crippen LogP contribution in [0.5, 0.6) is 0 Å². The number of hydrogen-bond acceptors (Lipinski definition) is 3. The Morgan fingerprint density at radius 1 is 0.969 bits per heavy atom. The maximum atomic E-state index is 5.95. The Bertz CT molecular complexity index is 1000. The van der Waals surface area contributed by atoms with Gasteiger partial charge < -0.3 is 15.4 Å². The van der Waals surface area contributed by atoms with Gasteiger partial charge in [-0.05, 0) is 37.5 Å². The Morgan fingerprint density at radius 2 is 1.66 bits per heavy atom. The van der Waals surface area contributed by atoms with E-state index in [1.165, 1.54) is 22.4 Å². The Balaban J connectivity index is 0.00000363. The number of aryl methyl sites for hydroxylation is 2. The lowest BCUT2D eigenvalue weighted by Crippen LogP contribution is -2.37. The third-order valence-corrected chi connectivity index (χ3v) is 5.33. The molecule has 1 heterocycles. The summed E-state index contributed by atoms with van der Waals surface area (Å²) in [5.41, 5.74) is 6.94. The zero-order chi connectivity index (χ0) is 22.1. The lowest BCUT2D eigenvalue weighted by molar-refractivity contribution is 0.106. The molecule has 0 atom stereocenters. The van der Waals surface area contributed by atoms with Crippen molar-refractivity contribution in [3.05, 3.63) is 88.2 Å². The summed E-state index contributed by atoms with van der Waals surface area (Å²) in [6.07, 6.45) is 0. The highest BCUT2D eigenvalue weighted by molar-refractivity contribution is 14.0. The van der Waals surface area contributed by atoms with E-state index in [1.54, 1.807) is 0 Å². The van der Waals surface area contributed by atoms with Gasteiger partial charge in [0.15, 0.2) is 5.96 Å². The van der Waals surface area contributed by atoms with E-state index < -0.39 is 0 Å². The van der Waals surface area contributed by atoms with Crippen LogP contribution in [-0.4, -0.2) is 22.3 Å². The first kappa shape index (κ1) is 25.9. The van der Waals surface area contributed by atoms with Crippen LogP contribution in [0.1, 0.15) is 40.6 Å². The molecule has 0 aliphatic rings. The summed E-state index contributed by atoms with van der Waals surface area (Å²) in [5, 5.41) is 11.3. The van der Waals surface area contributed by atoms with Crippen molar-refractivity contribution in [3.63, 3.8) is 0 Å². The molecule has 32 heavy (non-hydrogen) atoms. The number of aliphatic imine (C=N–C) groups is 1. The molecular formula is C25H34IN5O. The van der Waals surface area contributed by atoms with E-state index in [2.05, 4.69) is 53.8 Å². The van der Waals surface area contributed by atoms with E-state index >= 15 is 0 Å². The highest BCUT2D eigenvalue weighted by Gasteiger charge is 2.10. The fourth-order valence-corrected chi connectivity index (χ4v) is 3.46. The molecular weight excluding hydrogens is 513 g/mol. The van der Waals surface area contributed by atoms with Crippen molar-refractivity contribution < 1.29 is 4.74 Å². The second kappa shape index (κ2) is 13.2. The molecule has 0 bridgehead atoms. The molecule has 7 heteroatoms. The van der Waals surface area contributed by atoms with Gasteiger partial charge >= 0.3 is 0 Å². The number of hydrogen-bond donors (Lipinski definition) is 2. The maximum Gasteiger partial charge on any atom is 0.191 e. The van der Waals surface area contributed by atoms with E-state index in [0.29, 0.717) is 26.3 Å². The fraction of sp³-hybridized carbons (Fsp3) is 0.360. The van der Waals surface area contributed by atoms with Crippen molar-refractivity contribution in [2.75, 3.05) is 6.54 Å². The van der Waals surface area contributed by atoms with Crippen LogP contribution in [0.3, 0.4) is 0 Å². The quantitative estimate of drug-likeness (QED) is 0.233. The second-order valence-corrected chi connectivity index (χ2v) is 7.57. The number of nitrogens with one attached hydrogen (secondary N) is 2. The monoisotopic (exact) mass is 547 g/mol. The molecule has 0 saturated carbocycles. The molecule has 2 N–H and O–H groups in total. The zero-order valence-electron chi connectivity index (χ0n) is 19.4. The van der Waals surface area contributed by atoms with Crippen LogP contribution >= 0.6 is 24.0 Å². The van der Waals surface area contributed by atoms with Crippen molar-refractivity contribution in [3.8, 4) is 0 Å². The summed E-state index contributed by atoms with van der Waals surface area (Å²) < 4.78 is 7.86. The minimum absolute atomic E-state index is 0. The SMILES string of the molecule is CCNC(=NCc1ccccc1COCc1ccccc1)NCc1c(C)nn(C)c1C.I. The second-order valence-electron chi connectivity index (χ2n) is 7.57. The van der Waals surface area contributed by atoms with Crippen molar-refractivity contribution >= 4 is 29.9 Å². The minimum Gasteiger partial charge on any atom is -0.372 e. The van der Waals surface area contributed by atoms with E-state index in [9.17, 15) is 0 Å². The van der Waals surface area contributed by atoms with Crippen molar-refractivity contribution in [2.24, 2.45) is 12.0 Å². The zero-order valence-corrected chi connectivity index (χ0v) is 21.7. The van der Waals surface area contributed by atoms with E-state index in [-0.39, 0.29) is 24.0 Å². The molecule has 0 aliphatic carbocycles. The maximum absolute atomic E-state index is 5.95. The third-order valence-electron chi connectivity index (χ3n) is 5.33. The molecule has 1 aromatic heterocycles. The van der Waals surface area contributed by atoms with Gasteiger partial charge in [0, 0.05) is 31.4 Å². The normalized spacial score (nSPS) is 11.2. The van der Waals surface area contributed by atoms with Crippen LogP contribution in [0, 0.1) is 13.8 Å². The van der Waals surface area contributed by atoms with E-state index in [4.69, 9.17) is 9.73 Å². The van der Waals surface area contributed by atoms with Crippen LogP contribution in [0.15, 0.2) is 59.6 Å². The fourth-order valence-electron chi connectivity index (χ4n) is 3.46. The van der Waals surface area contributed by atoms with Gasteiger partial charge in [0.05, 0.1) is 25.5 Å². The van der Waals surface area contributed by atoms with Gasteiger partial charge in [-0.1, -0.05) is 54.6 Å². The van der Waals surface area contributed by atoms with Gasteiger partial charge in [0.1, 0.15) is 0 Å². The Kier molecular flexibility index (Phi) is 10.7. The van der Waals surface area contributed by atoms with Crippen molar-refractivity contribution in [2.45, 2.75) is 47.1 Å². The summed E-state index contributed by atoms with van der Waals surface area (Å²) in [6, 6.07) is 18.6. The highest BCUT2D eigenvalue weighted by Crippen LogP contribution is 2.14. The number of aromatic nitrogens is 2. The molecule has 6 nitrogen and oxygen atoms in total.